The number of rotatable bonds is 3. The van der Waals surface area contributed by atoms with Crippen LogP contribution in [-0.4, -0.2) is 26.1 Å². The molecule has 1 unspecified atom stereocenters. The molecular formula is C11H14N4O. The molecule has 0 spiro atoms. The molecule has 2 rings (SSSR count). The first-order valence-electron chi connectivity index (χ1n) is 5.12. The van der Waals surface area contributed by atoms with Crippen LogP contribution in [0.3, 0.4) is 0 Å². The second-order valence-corrected chi connectivity index (χ2v) is 3.82. The zero-order valence-electron chi connectivity index (χ0n) is 9.04. The van der Waals surface area contributed by atoms with Crippen molar-refractivity contribution in [3.05, 3.63) is 36.2 Å². The lowest BCUT2D eigenvalue weighted by atomic mass is 10.2. The van der Waals surface area contributed by atoms with E-state index >= 15 is 0 Å². The summed E-state index contributed by atoms with van der Waals surface area (Å²) in [5.41, 5.74) is 7.11. The van der Waals surface area contributed by atoms with E-state index in [1.165, 1.54) is 0 Å². The van der Waals surface area contributed by atoms with Crippen LogP contribution in [0.2, 0.25) is 0 Å². The standard InChI is InChI=1S/C11H14N4O/c1-8(12)6-9-7-15(14-13-9)10-4-2-3-5-11(10)16/h2-5,7-8,16H,6,12H2,1H3. The molecule has 0 saturated carbocycles. The van der Waals surface area contributed by atoms with E-state index in [1.807, 2.05) is 13.0 Å². The molecule has 1 atom stereocenters. The van der Waals surface area contributed by atoms with Gasteiger partial charge in [0.25, 0.3) is 0 Å². The maximum atomic E-state index is 9.64. The number of aromatic nitrogens is 3. The highest BCUT2D eigenvalue weighted by Crippen LogP contribution is 2.19. The highest BCUT2D eigenvalue weighted by molar-refractivity contribution is 5.44. The second-order valence-electron chi connectivity index (χ2n) is 3.82. The van der Waals surface area contributed by atoms with E-state index < -0.39 is 0 Å². The summed E-state index contributed by atoms with van der Waals surface area (Å²) in [7, 11) is 0. The Bertz CT molecular complexity index is 478. The van der Waals surface area contributed by atoms with Gasteiger partial charge in [-0.15, -0.1) is 5.10 Å². The number of nitrogens with two attached hydrogens (primary N) is 1. The third-order valence-electron chi connectivity index (χ3n) is 2.20. The Morgan fingerprint density at radius 2 is 2.19 bits per heavy atom. The molecule has 84 valence electrons. The SMILES string of the molecule is CC(N)Cc1cn(-c2ccccc2O)nn1. The number of phenols is 1. The van der Waals surface area contributed by atoms with Crippen LogP contribution in [0, 0.1) is 0 Å². The van der Waals surface area contributed by atoms with Gasteiger partial charge in [-0.2, -0.15) is 0 Å². The average molecular weight is 218 g/mol. The summed E-state index contributed by atoms with van der Waals surface area (Å²) < 4.78 is 1.55. The predicted molar refractivity (Wildman–Crippen MR) is 60.4 cm³/mol. The third-order valence-corrected chi connectivity index (χ3v) is 2.20. The molecule has 3 N–H and O–H groups in total. The monoisotopic (exact) mass is 218 g/mol. The topological polar surface area (TPSA) is 77.0 Å². The molecule has 0 fully saturated rings. The highest BCUT2D eigenvalue weighted by Gasteiger charge is 2.07. The second kappa shape index (κ2) is 4.32. The summed E-state index contributed by atoms with van der Waals surface area (Å²) in [4.78, 5) is 0. The van der Waals surface area contributed by atoms with Crippen molar-refractivity contribution in [1.29, 1.82) is 0 Å². The first-order valence-corrected chi connectivity index (χ1v) is 5.12. The summed E-state index contributed by atoms with van der Waals surface area (Å²) in [5, 5.41) is 17.6. The molecule has 0 amide bonds. The molecule has 2 aromatic rings. The summed E-state index contributed by atoms with van der Waals surface area (Å²) in [6.07, 6.45) is 2.45. The van der Waals surface area contributed by atoms with Crippen molar-refractivity contribution >= 4 is 0 Å². The Labute approximate surface area is 93.5 Å². The molecule has 5 nitrogen and oxygen atoms in total. The number of benzene rings is 1. The molecule has 0 bridgehead atoms. The maximum absolute atomic E-state index is 9.64. The van der Waals surface area contributed by atoms with Gasteiger partial charge in [-0.05, 0) is 19.1 Å². The van der Waals surface area contributed by atoms with Gasteiger partial charge in [-0.1, -0.05) is 17.3 Å². The van der Waals surface area contributed by atoms with E-state index in [1.54, 1.807) is 29.1 Å². The van der Waals surface area contributed by atoms with E-state index in [0.29, 0.717) is 12.1 Å². The van der Waals surface area contributed by atoms with Gasteiger partial charge >= 0.3 is 0 Å². The minimum absolute atomic E-state index is 0.0505. The van der Waals surface area contributed by atoms with Gasteiger partial charge in [0.1, 0.15) is 11.4 Å². The van der Waals surface area contributed by atoms with Gasteiger partial charge in [-0.25, -0.2) is 4.68 Å². The average Bonchev–Trinajstić information content (AvgIpc) is 2.66. The van der Waals surface area contributed by atoms with Gasteiger partial charge in [0.15, 0.2) is 0 Å². The van der Waals surface area contributed by atoms with Crippen molar-refractivity contribution in [1.82, 2.24) is 15.0 Å². The Hall–Kier alpha value is -1.88. The van der Waals surface area contributed by atoms with Crippen LogP contribution >= 0.6 is 0 Å². The van der Waals surface area contributed by atoms with Crippen LogP contribution in [0.1, 0.15) is 12.6 Å². The zero-order valence-corrected chi connectivity index (χ0v) is 9.04. The van der Waals surface area contributed by atoms with Gasteiger partial charge in [0, 0.05) is 12.5 Å². The smallest absolute Gasteiger partial charge is 0.141 e. The molecule has 0 aliphatic carbocycles. The molecule has 1 heterocycles. The van der Waals surface area contributed by atoms with Crippen LogP contribution in [0.5, 0.6) is 5.75 Å². The zero-order chi connectivity index (χ0) is 11.5. The quantitative estimate of drug-likeness (QED) is 0.801. The van der Waals surface area contributed by atoms with Crippen molar-refractivity contribution in [2.24, 2.45) is 5.73 Å². The normalized spacial score (nSPS) is 12.6. The number of para-hydroxylation sites is 2. The van der Waals surface area contributed by atoms with Crippen molar-refractivity contribution in [3.63, 3.8) is 0 Å². The summed E-state index contributed by atoms with van der Waals surface area (Å²) in [6, 6.07) is 7.04. The summed E-state index contributed by atoms with van der Waals surface area (Å²) in [5.74, 6) is 0.180. The van der Waals surface area contributed by atoms with E-state index in [9.17, 15) is 5.11 Å². The van der Waals surface area contributed by atoms with Crippen LogP contribution in [-0.2, 0) is 6.42 Å². The van der Waals surface area contributed by atoms with Crippen LogP contribution in [0.15, 0.2) is 30.5 Å². The van der Waals surface area contributed by atoms with Crippen molar-refractivity contribution < 1.29 is 5.11 Å². The van der Waals surface area contributed by atoms with Crippen LogP contribution in [0.25, 0.3) is 5.69 Å². The lowest BCUT2D eigenvalue weighted by Gasteiger charge is -2.02. The molecule has 16 heavy (non-hydrogen) atoms. The van der Waals surface area contributed by atoms with Gasteiger partial charge < -0.3 is 10.8 Å². The lowest BCUT2D eigenvalue weighted by molar-refractivity contribution is 0.470. The first-order chi connectivity index (χ1) is 7.66. The number of hydrogen-bond donors (Lipinski definition) is 2. The molecule has 0 aliphatic rings. The van der Waals surface area contributed by atoms with Crippen molar-refractivity contribution in [2.75, 3.05) is 0 Å². The molecule has 5 heteroatoms. The fourth-order valence-corrected chi connectivity index (χ4v) is 1.50. The van der Waals surface area contributed by atoms with Crippen LogP contribution in [0.4, 0.5) is 0 Å². The van der Waals surface area contributed by atoms with Gasteiger partial charge in [0.2, 0.25) is 0 Å². The Kier molecular flexibility index (Phi) is 2.87. The number of hydrogen-bond acceptors (Lipinski definition) is 4. The minimum Gasteiger partial charge on any atom is -0.506 e. The van der Waals surface area contributed by atoms with Gasteiger partial charge in [0.05, 0.1) is 11.9 Å². The number of phenolic OH excluding ortho intramolecular Hbond substituents is 1. The molecule has 0 radical (unpaired) electrons. The largest absolute Gasteiger partial charge is 0.506 e. The van der Waals surface area contributed by atoms with Crippen molar-refractivity contribution in [3.8, 4) is 11.4 Å². The molecule has 0 saturated heterocycles. The number of aromatic hydroxyl groups is 1. The van der Waals surface area contributed by atoms with Crippen molar-refractivity contribution in [2.45, 2.75) is 19.4 Å². The summed E-state index contributed by atoms with van der Waals surface area (Å²) >= 11 is 0. The predicted octanol–water partition coefficient (Wildman–Crippen LogP) is 0.863. The molecule has 1 aromatic carbocycles. The molecule has 1 aromatic heterocycles. The molecule has 0 aliphatic heterocycles. The maximum Gasteiger partial charge on any atom is 0.141 e. The third kappa shape index (κ3) is 2.20. The van der Waals surface area contributed by atoms with E-state index in [2.05, 4.69) is 10.3 Å². The summed E-state index contributed by atoms with van der Waals surface area (Å²) in [6.45, 7) is 1.92. The van der Waals surface area contributed by atoms with Gasteiger partial charge in [-0.3, -0.25) is 0 Å². The Balaban J connectivity index is 2.28. The Morgan fingerprint density at radius 3 is 2.88 bits per heavy atom. The lowest BCUT2D eigenvalue weighted by Crippen LogP contribution is -2.17. The van der Waals surface area contributed by atoms with E-state index in [4.69, 9.17) is 5.73 Å². The Morgan fingerprint density at radius 1 is 1.44 bits per heavy atom. The van der Waals surface area contributed by atoms with E-state index in [-0.39, 0.29) is 11.8 Å². The molecular weight excluding hydrogens is 204 g/mol. The fourth-order valence-electron chi connectivity index (χ4n) is 1.50. The number of nitrogens with zero attached hydrogens (tertiary/aromatic N) is 3. The van der Waals surface area contributed by atoms with E-state index in [0.717, 1.165) is 5.69 Å². The first kappa shape index (κ1) is 10.6. The highest BCUT2D eigenvalue weighted by atomic mass is 16.3. The fraction of sp³-hybridized carbons (Fsp3) is 0.273. The minimum atomic E-state index is 0.0505. The van der Waals surface area contributed by atoms with Crippen LogP contribution < -0.4 is 5.73 Å².